The number of ketones is 1. The summed E-state index contributed by atoms with van der Waals surface area (Å²) in [4.78, 5) is 59.8. The first-order valence-corrected chi connectivity index (χ1v) is 16.6. The summed E-state index contributed by atoms with van der Waals surface area (Å²) in [5.74, 6) is -0.905. The molecule has 2 heterocycles. The molecule has 3 fully saturated rings. The Morgan fingerprint density at radius 2 is 1.60 bits per heavy atom. The highest BCUT2D eigenvalue weighted by Gasteiger charge is 2.61. The minimum atomic E-state index is -1.10. The van der Waals surface area contributed by atoms with Crippen LogP contribution in [0.5, 0.6) is 0 Å². The van der Waals surface area contributed by atoms with Crippen molar-refractivity contribution in [3.8, 4) is 11.3 Å². The highest BCUT2D eigenvalue weighted by molar-refractivity contribution is 9.10. The largest absolute Gasteiger partial charge is 0.450 e. The molecule has 0 radical (unpaired) electrons. The van der Waals surface area contributed by atoms with Gasteiger partial charge < -0.3 is 4.74 Å². The number of imide groups is 1. The summed E-state index contributed by atoms with van der Waals surface area (Å²) in [6.45, 7) is 0. The standard InChI is InChI=1S/C35H27BrCl2N2O5/c36-22-7-12-27-25(16-22)26(35(44)45-29(13-14-37)32(41)19-3-8-23(38)9-4-19)17-28(39-27)18-5-10-24(11-6-18)40-33(42)30-20-1-2-21(15-20)31(30)34(40)43/h3-12,16-17,20-21,29-31H,1-2,13-15H2. The average Bonchev–Trinajstić information content (AvgIpc) is 3.73. The van der Waals surface area contributed by atoms with Crippen molar-refractivity contribution in [2.75, 3.05) is 10.8 Å². The third kappa shape index (κ3) is 5.37. The van der Waals surface area contributed by atoms with Gasteiger partial charge in [-0.05, 0) is 91.8 Å². The zero-order valence-corrected chi connectivity index (χ0v) is 27.0. The number of benzene rings is 3. The number of anilines is 1. The molecule has 0 N–H and O–H groups in total. The molecule has 45 heavy (non-hydrogen) atoms. The van der Waals surface area contributed by atoms with E-state index in [4.69, 9.17) is 32.9 Å². The molecule has 2 aliphatic carbocycles. The molecule has 0 spiro atoms. The number of ether oxygens (including phenoxy) is 1. The number of carbonyl (C=O) groups is 4. The average molecular weight is 706 g/mol. The quantitative estimate of drug-likeness (QED) is 0.0801. The van der Waals surface area contributed by atoms with Gasteiger partial charge in [0.1, 0.15) is 0 Å². The van der Waals surface area contributed by atoms with Crippen LogP contribution in [-0.4, -0.2) is 40.5 Å². The number of Topliss-reactive ketones (excluding diaryl/α,β-unsaturated/α-hetero) is 1. The Balaban J connectivity index is 1.19. The smallest absolute Gasteiger partial charge is 0.339 e. The molecule has 1 aromatic heterocycles. The van der Waals surface area contributed by atoms with Crippen LogP contribution in [0.15, 0.2) is 77.3 Å². The summed E-state index contributed by atoms with van der Waals surface area (Å²) >= 11 is 15.5. The van der Waals surface area contributed by atoms with E-state index in [2.05, 4.69) is 15.9 Å². The Hall–Kier alpha value is -3.59. The fraction of sp³-hybridized carbons (Fsp3) is 0.286. The zero-order valence-electron chi connectivity index (χ0n) is 23.9. The van der Waals surface area contributed by atoms with E-state index in [1.54, 1.807) is 66.7 Å². The Bertz CT molecular complexity index is 1830. The molecule has 7 nitrogen and oxygen atoms in total. The third-order valence-electron chi connectivity index (χ3n) is 9.38. The van der Waals surface area contributed by atoms with E-state index < -0.39 is 12.1 Å². The van der Waals surface area contributed by atoms with E-state index >= 15 is 0 Å². The Morgan fingerprint density at radius 3 is 2.24 bits per heavy atom. The first-order chi connectivity index (χ1) is 21.7. The molecule has 228 valence electrons. The second kappa shape index (κ2) is 12.0. The van der Waals surface area contributed by atoms with Crippen LogP contribution in [0.1, 0.15) is 46.4 Å². The summed E-state index contributed by atoms with van der Waals surface area (Å²) in [6.07, 6.45) is 2.06. The van der Waals surface area contributed by atoms with Gasteiger partial charge in [-0.15, -0.1) is 11.6 Å². The lowest BCUT2D eigenvalue weighted by atomic mass is 9.81. The molecule has 1 aliphatic heterocycles. The molecule has 10 heteroatoms. The predicted molar refractivity (Wildman–Crippen MR) is 176 cm³/mol. The second-order valence-electron chi connectivity index (χ2n) is 11.9. The van der Waals surface area contributed by atoms with Gasteiger partial charge in [0.2, 0.25) is 17.6 Å². The van der Waals surface area contributed by atoms with E-state index in [1.807, 2.05) is 6.07 Å². The molecule has 3 aliphatic rings. The number of hydrogen-bond acceptors (Lipinski definition) is 6. The van der Waals surface area contributed by atoms with Crippen LogP contribution >= 0.6 is 39.1 Å². The molecular weight excluding hydrogens is 679 g/mol. The monoisotopic (exact) mass is 704 g/mol. The summed E-state index contributed by atoms with van der Waals surface area (Å²) in [5.41, 5.74) is 2.87. The first-order valence-electron chi connectivity index (χ1n) is 14.9. The van der Waals surface area contributed by atoms with Crippen molar-refractivity contribution in [2.24, 2.45) is 23.7 Å². The first kappa shape index (κ1) is 30.1. The van der Waals surface area contributed by atoms with Crippen LogP contribution in [0.2, 0.25) is 5.02 Å². The molecule has 5 unspecified atom stereocenters. The van der Waals surface area contributed by atoms with Crippen molar-refractivity contribution in [2.45, 2.75) is 31.8 Å². The van der Waals surface area contributed by atoms with E-state index in [1.165, 1.54) is 4.90 Å². The van der Waals surface area contributed by atoms with Crippen LogP contribution in [0.3, 0.4) is 0 Å². The number of aromatic nitrogens is 1. The van der Waals surface area contributed by atoms with Crippen molar-refractivity contribution < 1.29 is 23.9 Å². The zero-order chi connectivity index (χ0) is 31.4. The lowest BCUT2D eigenvalue weighted by Crippen LogP contribution is -2.32. The molecule has 2 amide bonds. The normalized spacial score (nSPS) is 22.6. The third-order valence-corrected chi connectivity index (χ3v) is 10.3. The fourth-order valence-electron chi connectivity index (χ4n) is 7.29. The number of hydrogen-bond donors (Lipinski definition) is 0. The summed E-state index contributed by atoms with van der Waals surface area (Å²) < 4.78 is 6.55. The van der Waals surface area contributed by atoms with Gasteiger partial charge in [-0.1, -0.05) is 39.7 Å². The highest BCUT2D eigenvalue weighted by atomic mass is 79.9. The van der Waals surface area contributed by atoms with E-state index in [0.29, 0.717) is 50.3 Å². The van der Waals surface area contributed by atoms with Gasteiger partial charge in [-0.25, -0.2) is 9.78 Å². The van der Waals surface area contributed by atoms with Crippen LogP contribution in [0.25, 0.3) is 22.2 Å². The van der Waals surface area contributed by atoms with Crippen LogP contribution in [0.4, 0.5) is 5.69 Å². The molecule has 7 rings (SSSR count). The maximum atomic E-state index is 13.7. The molecule has 2 saturated carbocycles. The van der Waals surface area contributed by atoms with Gasteiger partial charge in [0.25, 0.3) is 0 Å². The molecule has 4 aromatic rings. The van der Waals surface area contributed by atoms with Crippen LogP contribution in [-0.2, 0) is 14.3 Å². The number of alkyl halides is 1. The van der Waals surface area contributed by atoms with E-state index in [0.717, 1.165) is 23.7 Å². The van der Waals surface area contributed by atoms with E-state index in [-0.39, 0.29) is 47.3 Å². The Morgan fingerprint density at radius 1 is 0.933 bits per heavy atom. The molecule has 2 bridgehead atoms. The number of halogens is 3. The number of carbonyl (C=O) groups excluding carboxylic acids is 4. The number of nitrogens with zero attached hydrogens (tertiary/aromatic N) is 2. The number of amides is 2. The summed E-state index contributed by atoms with van der Waals surface area (Å²) in [6, 6.07) is 20.5. The fourth-order valence-corrected chi connectivity index (χ4v) is 7.98. The maximum absolute atomic E-state index is 13.7. The SMILES string of the molecule is O=C(OC(CCCl)C(=O)c1ccc(Cl)cc1)c1cc(-c2ccc(N3C(=O)C4C5CCC(C5)C4C3=O)cc2)nc2ccc(Br)cc12. The summed E-state index contributed by atoms with van der Waals surface area (Å²) in [7, 11) is 0. The number of esters is 1. The molecule has 3 aromatic carbocycles. The molecular formula is C35H27BrCl2N2O5. The van der Waals surface area contributed by atoms with Gasteiger partial charge in [0, 0.05) is 38.3 Å². The minimum Gasteiger partial charge on any atom is -0.450 e. The van der Waals surface area contributed by atoms with Gasteiger partial charge in [0.05, 0.1) is 34.3 Å². The number of rotatable bonds is 8. The highest BCUT2D eigenvalue weighted by Crippen LogP contribution is 2.56. The summed E-state index contributed by atoms with van der Waals surface area (Å²) in [5, 5.41) is 1.03. The van der Waals surface area contributed by atoms with Crippen LogP contribution < -0.4 is 4.90 Å². The predicted octanol–water partition coefficient (Wildman–Crippen LogP) is 7.89. The van der Waals surface area contributed by atoms with Crippen LogP contribution in [0, 0.1) is 23.7 Å². The topological polar surface area (TPSA) is 93.6 Å². The van der Waals surface area contributed by atoms with Gasteiger partial charge in [0.15, 0.2) is 6.10 Å². The maximum Gasteiger partial charge on any atom is 0.339 e. The van der Waals surface area contributed by atoms with Gasteiger partial charge in [-0.3, -0.25) is 19.3 Å². The van der Waals surface area contributed by atoms with Crippen molar-refractivity contribution in [3.63, 3.8) is 0 Å². The van der Waals surface area contributed by atoms with Crippen molar-refractivity contribution in [1.82, 2.24) is 4.98 Å². The lowest BCUT2D eigenvalue weighted by molar-refractivity contribution is -0.123. The van der Waals surface area contributed by atoms with Crippen molar-refractivity contribution >= 4 is 79.3 Å². The van der Waals surface area contributed by atoms with Crippen molar-refractivity contribution in [3.05, 3.63) is 93.4 Å². The van der Waals surface area contributed by atoms with E-state index in [9.17, 15) is 19.2 Å². The van der Waals surface area contributed by atoms with Gasteiger partial charge in [-0.2, -0.15) is 0 Å². The molecule has 1 saturated heterocycles. The number of fused-ring (bicyclic) bond motifs is 6. The Labute approximate surface area is 278 Å². The molecule has 5 atom stereocenters. The Kier molecular flexibility index (Phi) is 8.00. The lowest BCUT2D eigenvalue weighted by Gasteiger charge is -2.19. The minimum absolute atomic E-state index is 0.0935. The number of pyridine rings is 1. The second-order valence-corrected chi connectivity index (χ2v) is 13.6. The van der Waals surface area contributed by atoms with Gasteiger partial charge >= 0.3 is 5.97 Å². The van der Waals surface area contributed by atoms with Crippen molar-refractivity contribution in [1.29, 1.82) is 0 Å².